The fourth-order valence-corrected chi connectivity index (χ4v) is 7.30. The predicted molar refractivity (Wildman–Crippen MR) is 201 cm³/mol. The molecule has 6 rings (SSSR count). The number of amides is 2. The fraction of sp³-hybridized carbons (Fsp3) is 0.302. The van der Waals surface area contributed by atoms with E-state index in [0.717, 1.165) is 45.6 Å². The van der Waals surface area contributed by atoms with Crippen molar-refractivity contribution >= 4 is 12.0 Å². The van der Waals surface area contributed by atoms with Gasteiger partial charge in [0.2, 0.25) is 5.91 Å². The molecule has 1 aliphatic rings. The molecule has 7 nitrogen and oxygen atoms in total. The summed E-state index contributed by atoms with van der Waals surface area (Å²) in [6.45, 7) is 9.61. The summed E-state index contributed by atoms with van der Waals surface area (Å²) in [5, 5.41) is 16.8. The average molecular weight is 705 g/mol. The van der Waals surface area contributed by atoms with Crippen molar-refractivity contribution in [2.75, 3.05) is 19.6 Å². The number of rotatable bonds is 13. The highest BCUT2D eigenvalue weighted by Gasteiger charge is 2.34. The predicted octanol–water partition coefficient (Wildman–Crippen LogP) is 8.85. The second kappa shape index (κ2) is 15.5. The molecule has 1 aliphatic carbocycles. The lowest BCUT2D eigenvalue weighted by Gasteiger charge is -2.33. The Labute approximate surface area is 304 Å². The quantitative estimate of drug-likeness (QED) is 0.107. The summed E-state index contributed by atoms with van der Waals surface area (Å²) in [4.78, 5) is 27.1. The van der Waals surface area contributed by atoms with E-state index in [1.807, 2.05) is 79.0 Å². The zero-order valence-electron chi connectivity index (χ0n) is 30.1. The van der Waals surface area contributed by atoms with Crippen LogP contribution in [0.5, 0.6) is 0 Å². The minimum absolute atomic E-state index is 0.164. The van der Waals surface area contributed by atoms with Crippen LogP contribution < -0.4 is 10.6 Å². The van der Waals surface area contributed by atoms with Crippen LogP contribution in [0.4, 0.5) is 13.6 Å². The Kier molecular flexibility index (Phi) is 10.9. The van der Waals surface area contributed by atoms with Gasteiger partial charge in [-0.2, -0.15) is 0 Å². The van der Waals surface area contributed by atoms with Gasteiger partial charge in [0.15, 0.2) is 0 Å². The van der Waals surface area contributed by atoms with Crippen LogP contribution in [0.25, 0.3) is 22.3 Å². The topological polar surface area (TPSA) is 86.6 Å². The molecule has 1 aromatic heterocycles. The van der Waals surface area contributed by atoms with Crippen molar-refractivity contribution in [1.29, 1.82) is 0 Å². The molecule has 0 fully saturated rings. The summed E-state index contributed by atoms with van der Waals surface area (Å²) in [7, 11) is 0. The summed E-state index contributed by atoms with van der Waals surface area (Å²) in [5.74, 6) is -1.52. The Hall–Kier alpha value is -5.28. The van der Waals surface area contributed by atoms with Crippen molar-refractivity contribution in [3.05, 3.63) is 143 Å². The molecule has 0 spiro atoms. The van der Waals surface area contributed by atoms with Crippen LogP contribution in [0.15, 0.2) is 109 Å². The summed E-state index contributed by atoms with van der Waals surface area (Å²) in [6, 6.07) is 30.4. The Morgan fingerprint density at radius 3 is 2.12 bits per heavy atom. The maximum absolute atomic E-state index is 14.9. The number of carboxylic acid groups (broad SMARTS) is 1. The number of nitrogens with zero attached hydrogens (tertiary/aromatic N) is 2. The minimum atomic E-state index is -1.14. The van der Waals surface area contributed by atoms with Crippen molar-refractivity contribution in [3.63, 3.8) is 0 Å². The maximum Gasteiger partial charge on any atom is 0.408 e. The molecule has 0 unspecified atom stereocenters. The van der Waals surface area contributed by atoms with Gasteiger partial charge >= 0.3 is 6.09 Å². The zero-order valence-corrected chi connectivity index (χ0v) is 30.1. The Balaban J connectivity index is 1.12. The number of hydrogen-bond donors (Lipinski definition) is 3. The Bertz CT molecular complexity index is 1990. The third-order valence-electron chi connectivity index (χ3n) is 9.96. The summed E-state index contributed by atoms with van der Waals surface area (Å²) < 4.78 is 31.2. The highest BCUT2D eigenvalue weighted by molar-refractivity contribution is 5.85. The second-order valence-corrected chi connectivity index (χ2v) is 14.6. The fourth-order valence-electron chi connectivity index (χ4n) is 7.30. The van der Waals surface area contributed by atoms with Crippen LogP contribution in [0.2, 0.25) is 0 Å². The maximum atomic E-state index is 14.9. The SMILES string of the molecule is C[C@@H](C(=O)NCCCN[C@@H](c1cc(-c2cc(F)ccc2F)cn1Cc1ccccc1)C(C)(C)C)N(CC1c2ccccc2-c2ccccc21)C(=O)O. The molecule has 0 radical (unpaired) electrons. The standard InChI is InChI=1S/C43H46F2N4O3/c1-28(49(42(51)52)27-37-34-17-10-8-15-32(34)33-16-9-11-18-35(33)37)41(50)47-22-12-21-46-40(43(2,3)4)39-23-30(36-24-31(44)19-20-38(36)45)26-48(39)25-29-13-6-5-7-14-29/h5-11,13-20,23-24,26,28,37,40,46H,12,21-22,25,27H2,1-4H3,(H,47,50)(H,51,52)/t28-,40-/m0/s1. The van der Waals surface area contributed by atoms with Gasteiger partial charge in [0.25, 0.3) is 0 Å². The molecule has 2 amide bonds. The first-order valence-electron chi connectivity index (χ1n) is 17.8. The molecule has 52 heavy (non-hydrogen) atoms. The van der Waals surface area contributed by atoms with Crippen molar-refractivity contribution < 1.29 is 23.5 Å². The molecular formula is C43H46F2N4O3. The van der Waals surface area contributed by atoms with Gasteiger partial charge in [0.05, 0.1) is 6.04 Å². The first-order chi connectivity index (χ1) is 24.9. The van der Waals surface area contributed by atoms with Gasteiger partial charge in [-0.05, 0) is 77.4 Å². The van der Waals surface area contributed by atoms with Gasteiger partial charge in [-0.3, -0.25) is 9.69 Å². The van der Waals surface area contributed by atoms with Gasteiger partial charge in [-0.15, -0.1) is 0 Å². The van der Waals surface area contributed by atoms with Gasteiger partial charge in [0, 0.05) is 48.6 Å². The first-order valence-corrected chi connectivity index (χ1v) is 17.8. The normalized spacial score (nSPS) is 13.7. The molecular weight excluding hydrogens is 658 g/mol. The molecule has 0 aliphatic heterocycles. The van der Waals surface area contributed by atoms with Crippen LogP contribution in [0.3, 0.4) is 0 Å². The van der Waals surface area contributed by atoms with E-state index in [1.165, 1.54) is 11.0 Å². The molecule has 9 heteroatoms. The van der Waals surface area contributed by atoms with Crippen LogP contribution >= 0.6 is 0 Å². The van der Waals surface area contributed by atoms with Crippen molar-refractivity contribution in [2.24, 2.45) is 5.41 Å². The number of benzene rings is 4. The number of aromatic nitrogens is 1. The number of fused-ring (bicyclic) bond motifs is 3. The molecule has 2 atom stereocenters. The number of carbonyl (C=O) groups is 2. The molecule has 0 saturated carbocycles. The lowest BCUT2D eigenvalue weighted by atomic mass is 9.84. The Morgan fingerprint density at radius 1 is 0.846 bits per heavy atom. The monoisotopic (exact) mass is 704 g/mol. The molecule has 0 saturated heterocycles. The molecule has 270 valence electrons. The van der Waals surface area contributed by atoms with Crippen LogP contribution in [0.1, 0.15) is 68.5 Å². The number of carbonyl (C=O) groups excluding carboxylic acids is 1. The van der Waals surface area contributed by atoms with Crippen molar-refractivity contribution in [3.8, 4) is 22.3 Å². The minimum Gasteiger partial charge on any atom is -0.465 e. The third-order valence-corrected chi connectivity index (χ3v) is 9.96. The van der Waals surface area contributed by atoms with Gasteiger partial charge in [-0.25, -0.2) is 13.6 Å². The average Bonchev–Trinajstić information content (AvgIpc) is 3.67. The zero-order chi connectivity index (χ0) is 37.0. The van der Waals surface area contributed by atoms with E-state index in [-0.39, 0.29) is 35.4 Å². The van der Waals surface area contributed by atoms with E-state index in [4.69, 9.17) is 0 Å². The molecule has 5 aromatic rings. The number of nitrogens with one attached hydrogen (secondary N) is 2. The lowest BCUT2D eigenvalue weighted by Crippen LogP contribution is -2.49. The molecule has 4 aromatic carbocycles. The van der Waals surface area contributed by atoms with Crippen molar-refractivity contribution in [1.82, 2.24) is 20.1 Å². The van der Waals surface area contributed by atoms with E-state index in [9.17, 15) is 23.5 Å². The highest BCUT2D eigenvalue weighted by atomic mass is 19.1. The van der Waals surface area contributed by atoms with E-state index >= 15 is 0 Å². The smallest absolute Gasteiger partial charge is 0.408 e. The van der Waals surface area contributed by atoms with E-state index < -0.39 is 23.8 Å². The first kappa shape index (κ1) is 36.5. The number of hydrogen-bond acceptors (Lipinski definition) is 3. The lowest BCUT2D eigenvalue weighted by molar-refractivity contribution is -0.125. The second-order valence-electron chi connectivity index (χ2n) is 14.6. The third kappa shape index (κ3) is 7.95. The van der Waals surface area contributed by atoms with Crippen LogP contribution in [0, 0.1) is 17.0 Å². The Morgan fingerprint density at radius 2 is 1.48 bits per heavy atom. The summed E-state index contributed by atoms with van der Waals surface area (Å²) in [6.07, 6.45) is 1.32. The molecule has 0 bridgehead atoms. The van der Waals surface area contributed by atoms with E-state index in [2.05, 4.69) is 48.1 Å². The molecule has 3 N–H and O–H groups in total. The largest absolute Gasteiger partial charge is 0.465 e. The van der Waals surface area contributed by atoms with Crippen LogP contribution in [-0.2, 0) is 11.3 Å². The van der Waals surface area contributed by atoms with Crippen molar-refractivity contribution in [2.45, 2.75) is 58.7 Å². The van der Waals surface area contributed by atoms with Gasteiger partial charge < -0.3 is 20.3 Å². The van der Waals surface area contributed by atoms with Crippen LogP contribution in [-0.4, -0.2) is 52.3 Å². The highest BCUT2D eigenvalue weighted by Crippen LogP contribution is 2.45. The summed E-state index contributed by atoms with van der Waals surface area (Å²) >= 11 is 0. The molecule has 1 heterocycles. The summed E-state index contributed by atoms with van der Waals surface area (Å²) in [5.41, 5.74) is 6.85. The van der Waals surface area contributed by atoms with Gasteiger partial charge in [-0.1, -0.05) is 99.6 Å². The number of halogens is 2. The van der Waals surface area contributed by atoms with Gasteiger partial charge in [0.1, 0.15) is 17.7 Å². The van der Waals surface area contributed by atoms with E-state index in [0.29, 0.717) is 31.6 Å². The van der Waals surface area contributed by atoms with E-state index in [1.54, 1.807) is 6.92 Å².